The van der Waals surface area contributed by atoms with Gasteiger partial charge in [0.15, 0.2) is 0 Å². The number of nitrogens with zero attached hydrogens (tertiary/aromatic N) is 3. The van der Waals surface area contributed by atoms with Crippen LogP contribution in [0.25, 0.3) is 28.0 Å². The van der Waals surface area contributed by atoms with Gasteiger partial charge >= 0.3 is 6.09 Å². The zero-order valence-electron chi connectivity index (χ0n) is 20.6. The number of H-pyrrole nitrogens is 1. The van der Waals surface area contributed by atoms with Crippen LogP contribution in [0.5, 0.6) is 0 Å². The molecule has 1 aliphatic rings. The highest BCUT2D eigenvalue weighted by atomic mass is 19.1. The predicted octanol–water partition coefficient (Wildman–Crippen LogP) is 5.61. The second-order valence-corrected chi connectivity index (χ2v) is 10.2. The molecule has 0 saturated carbocycles. The molecule has 3 heterocycles. The van der Waals surface area contributed by atoms with E-state index in [0.717, 1.165) is 22.4 Å². The summed E-state index contributed by atoms with van der Waals surface area (Å²) in [6.07, 6.45) is 1.05. The minimum Gasteiger partial charge on any atom is -0.444 e. The van der Waals surface area contributed by atoms with Crippen molar-refractivity contribution in [3.05, 3.63) is 82.5 Å². The molecule has 1 saturated heterocycles. The van der Waals surface area contributed by atoms with Crippen LogP contribution >= 0.6 is 0 Å². The summed E-state index contributed by atoms with van der Waals surface area (Å²) >= 11 is 0. The average Bonchev–Trinajstić information content (AvgIpc) is 3.23. The molecule has 0 unspecified atom stereocenters. The summed E-state index contributed by atoms with van der Waals surface area (Å²) in [6.45, 7) is 6.62. The Balaban J connectivity index is 1.56. The number of rotatable bonds is 3. The van der Waals surface area contributed by atoms with Crippen LogP contribution in [0.3, 0.4) is 0 Å². The lowest BCUT2D eigenvalue weighted by Crippen LogP contribution is -2.41. The van der Waals surface area contributed by atoms with Crippen molar-refractivity contribution < 1.29 is 13.9 Å². The largest absolute Gasteiger partial charge is 0.444 e. The predicted molar refractivity (Wildman–Crippen MR) is 136 cm³/mol. The van der Waals surface area contributed by atoms with Crippen LogP contribution < -0.4 is 5.56 Å². The molecule has 0 bridgehead atoms. The molecule has 1 N–H and O–H groups in total. The average molecular weight is 489 g/mol. The molecule has 7 nitrogen and oxygen atoms in total. The van der Waals surface area contributed by atoms with Crippen molar-refractivity contribution in [3.8, 4) is 22.4 Å². The third kappa shape index (κ3) is 4.76. The van der Waals surface area contributed by atoms with Crippen molar-refractivity contribution in [1.29, 1.82) is 0 Å². The smallest absolute Gasteiger partial charge is 0.410 e. The van der Waals surface area contributed by atoms with Crippen LogP contribution in [0.15, 0.2) is 65.5 Å². The lowest BCUT2D eigenvalue weighted by molar-refractivity contribution is 0.0203. The Morgan fingerprint density at radius 1 is 1.03 bits per heavy atom. The van der Waals surface area contributed by atoms with Gasteiger partial charge in [0, 0.05) is 30.6 Å². The van der Waals surface area contributed by atoms with E-state index in [-0.39, 0.29) is 23.4 Å². The minimum atomic E-state index is -0.549. The van der Waals surface area contributed by atoms with E-state index in [1.807, 2.05) is 51.1 Å². The molecular formula is C28H29FN4O3. The van der Waals surface area contributed by atoms with Gasteiger partial charge in [-0.15, -0.1) is 0 Å². The van der Waals surface area contributed by atoms with E-state index < -0.39 is 5.60 Å². The topological polar surface area (TPSA) is 79.7 Å². The number of aromatic nitrogens is 3. The molecule has 1 aliphatic heterocycles. The number of halogens is 1. The molecule has 0 atom stereocenters. The number of nitrogens with one attached hydrogen (secondary N) is 1. The van der Waals surface area contributed by atoms with Gasteiger partial charge in [0.25, 0.3) is 5.56 Å². The summed E-state index contributed by atoms with van der Waals surface area (Å²) in [4.78, 5) is 30.0. The number of aromatic amines is 1. The Bertz CT molecular complexity index is 1440. The number of fused-ring (bicyclic) bond motifs is 1. The zero-order chi connectivity index (χ0) is 25.4. The van der Waals surface area contributed by atoms with Gasteiger partial charge in [-0.2, -0.15) is 5.10 Å². The van der Waals surface area contributed by atoms with E-state index in [1.54, 1.807) is 27.6 Å². The standard InChI is InChI=1S/C28H29FN4O3/c1-28(2,3)36-27(35)32-15-13-18(14-16-32)22-17-23(34)30-26-24(19-9-11-21(29)12-10-19)25(31-33(22)26)20-7-5-4-6-8-20/h4-12,17-18H,13-16H2,1-3H3,(H,30,34). The molecule has 1 fully saturated rings. The molecule has 4 aromatic rings. The number of hydrogen-bond acceptors (Lipinski definition) is 4. The van der Waals surface area contributed by atoms with E-state index in [1.165, 1.54) is 12.1 Å². The molecule has 2 aromatic carbocycles. The van der Waals surface area contributed by atoms with Gasteiger partial charge in [-0.05, 0) is 51.3 Å². The van der Waals surface area contributed by atoms with Gasteiger partial charge in [-0.25, -0.2) is 13.7 Å². The Morgan fingerprint density at radius 3 is 2.33 bits per heavy atom. The van der Waals surface area contributed by atoms with Crippen molar-refractivity contribution in [3.63, 3.8) is 0 Å². The summed E-state index contributed by atoms with van der Waals surface area (Å²) in [5, 5.41) is 4.95. The van der Waals surface area contributed by atoms with Gasteiger partial charge in [-0.3, -0.25) is 4.79 Å². The van der Waals surface area contributed by atoms with Crippen molar-refractivity contribution in [1.82, 2.24) is 19.5 Å². The van der Waals surface area contributed by atoms with Crippen LogP contribution in [0.1, 0.15) is 45.2 Å². The number of ether oxygens (including phenoxy) is 1. The first-order valence-electron chi connectivity index (χ1n) is 12.1. The number of hydrogen-bond donors (Lipinski definition) is 1. The van der Waals surface area contributed by atoms with E-state index in [9.17, 15) is 14.0 Å². The highest BCUT2D eigenvalue weighted by molar-refractivity contribution is 5.90. The lowest BCUT2D eigenvalue weighted by atomic mass is 9.93. The Hall–Kier alpha value is -3.94. The van der Waals surface area contributed by atoms with Crippen molar-refractivity contribution in [2.45, 2.75) is 45.1 Å². The first-order valence-corrected chi connectivity index (χ1v) is 12.1. The van der Waals surface area contributed by atoms with Gasteiger partial charge < -0.3 is 14.6 Å². The quantitative estimate of drug-likeness (QED) is 0.407. The molecule has 1 amide bonds. The maximum Gasteiger partial charge on any atom is 0.410 e. The molecule has 8 heteroatoms. The monoisotopic (exact) mass is 488 g/mol. The summed E-state index contributed by atoms with van der Waals surface area (Å²) in [6, 6.07) is 17.5. The summed E-state index contributed by atoms with van der Waals surface area (Å²) in [7, 11) is 0. The fourth-order valence-corrected chi connectivity index (χ4v) is 4.73. The zero-order valence-corrected chi connectivity index (χ0v) is 20.6. The van der Waals surface area contributed by atoms with Gasteiger partial charge in [0.05, 0.1) is 11.3 Å². The first-order chi connectivity index (χ1) is 17.2. The number of likely N-dealkylation sites (tertiary alicyclic amines) is 1. The van der Waals surface area contributed by atoms with Gasteiger partial charge in [-0.1, -0.05) is 42.5 Å². The lowest BCUT2D eigenvalue weighted by Gasteiger charge is -2.33. The van der Waals surface area contributed by atoms with Crippen LogP contribution in [0.2, 0.25) is 0 Å². The minimum absolute atomic E-state index is 0.0399. The highest BCUT2D eigenvalue weighted by Crippen LogP contribution is 2.36. The maximum absolute atomic E-state index is 13.7. The number of carbonyl (C=O) groups is 1. The number of amides is 1. The SMILES string of the molecule is CC(C)(C)OC(=O)N1CCC(c2cc(=O)[nH]c3c(-c4ccc(F)cc4)c(-c4ccccc4)nn23)CC1. The van der Waals surface area contributed by atoms with E-state index in [2.05, 4.69) is 4.98 Å². The molecule has 0 radical (unpaired) electrons. The van der Waals surface area contributed by atoms with Crippen LogP contribution in [-0.2, 0) is 4.74 Å². The summed E-state index contributed by atoms with van der Waals surface area (Å²) in [5.41, 5.74) is 3.69. The normalized spacial score (nSPS) is 14.8. The first kappa shape index (κ1) is 23.8. The second kappa shape index (κ2) is 9.26. The van der Waals surface area contributed by atoms with Crippen LogP contribution in [-0.4, -0.2) is 44.3 Å². The third-order valence-electron chi connectivity index (χ3n) is 6.40. The third-order valence-corrected chi connectivity index (χ3v) is 6.40. The van der Waals surface area contributed by atoms with Gasteiger partial charge in [0.1, 0.15) is 22.8 Å². The molecule has 5 rings (SSSR count). The van der Waals surface area contributed by atoms with Gasteiger partial charge in [0.2, 0.25) is 0 Å². The summed E-state index contributed by atoms with van der Waals surface area (Å²) < 4.78 is 21.0. The highest BCUT2D eigenvalue weighted by Gasteiger charge is 2.30. The fraction of sp³-hybridized carbons (Fsp3) is 0.321. The van der Waals surface area contributed by atoms with Crippen LogP contribution in [0.4, 0.5) is 9.18 Å². The van der Waals surface area contributed by atoms with Crippen molar-refractivity contribution in [2.75, 3.05) is 13.1 Å². The van der Waals surface area contributed by atoms with E-state index in [0.29, 0.717) is 37.3 Å². The maximum atomic E-state index is 13.7. The van der Waals surface area contributed by atoms with Crippen molar-refractivity contribution in [2.24, 2.45) is 0 Å². The Labute approximate surface area is 208 Å². The molecule has 0 aliphatic carbocycles. The number of piperidine rings is 1. The molecular weight excluding hydrogens is 459 g/mol. The van der Waals surface area contributed by atoms with E-state index >= 15 is 0 Å². The molecule has 186 valence electrons. The Morgan fingerprint density at radius 2 is 1.69 bits per heavy atom. The van der Waals surface area contributed by atoms with Crippen LogP contribution in [0, 0.1) is 5.82 Å². The van der Waals surface area contributed by atoms with Crippen molar-refractivity contribution >= 4 is 11.7 Å². The number of carbonyl (C=O) groups excluding carboxylic acids is 1. The Kier molecular flexibility index (Phi) is 6.12. The second-order valence-electron chi connectivity index (χ2n) is 10.2. The molecule has 0 spiro atoms. The molecule has 2 aromatic heterocycles. The summed E-state index contributed by atoms with van der Waals surface area (Å²) in [5.74, 6) is -0.291. The van der Waals surface area contributed by atoms with E-state index in [4.69, 9.17) is 9.84 Å². The molecule has 36 heavy (non-hydrogen) atoms. The number of benzene rings is 2. The fourth-order valence-electron chi connectivity index (χ4n) is 4.73.